The van der Waals surface area contributed by atoms with Gasteiger partial charge in [-0.3, -0.25) is 10.1 Å². The first-order chi connectivity index (χ1) is 9.20. The molecule has 0 spiro atoms. The van der Waals surface area contributed by atoms with Gasteiger partial charge in [-0.25, -0.2) is 4.79 Å². The molecule has 19 heavy (non-hydrogen) atoms. The molecule has 0 aliphatic rings. The van der Waals surface area contributed by atoms with Crippen LogP contribution in [0.1, 0.15) is 0 Å². The Labute approximate surface area is 108 Å². The summed E-state index contributed by atoms with van der Waals surface area (Å²) >= 11 is 0. The van der Waals surface area contributed by atoms with Crippen molar-refractivity contribution >= 4 is 17.5 Å². The Balaban J connectivity index is 2.36. The van der Waals surface area contributed by atoms with Crippen molar-refractivity contribution in [3.05, 3.63) is 58.6 Å². The van der Waals surface area contributed by atoms with Crippen LogP contribution in [0.15, 0.2) is 53.5 Å². The summed E-state index contributed by atoms with van der Waals surface area (Å²) in [5.74, 6) is 0.853. The molecule has 94 valence electrons. The number of rotatable bonds is 4. The molecule has 0 aliphatic heterocycles. The quantitative estimate of drug-likeness (QED) is 0.363. The molecule has 0 fully saturated rings. The third kappa shape index (κ3) is 3.02. The van der Waals surface area contributed by atoms with E-state index in [0.717, 1.165) is 0 Å². The zero-order chi connectivity index (χ0) is 13.7. The van der Waals surface area contributed by atoms with Gasteiger partial charge in [0.05, 0.1) is 11.0 Å². The molecule has 0 amide bonds. The van der Waals surface area contributed by atoms with Gasteiger partial charge in [-0.15, -0.1) is 0 Å². The first-order valence-corrected chi connectivity index (χ1v) is 5.30. The number of nitro benzene ring substituents is 1. The summed E-state index contributed by atoms with van der Waals surface area (Å²) < 4.78 is 5.46. The first-order valence-electron chi connectivity index (χ1n) is 5.30. The number of nitro groups is 1. The largest absolute Gasteiger partial charge is 0.457 e. The summed E-state index contributed by atoms with van der Waals surface area (Å²) in [5.41, 5.74) is -0.364. The standard InChI is InChI=1S/C13H8N2O4/c16-9-14-12-7-6-11(8-13(12)15(17)18)19-10-4-2-1-3-5-10/h1-8H. The number of isocyanates is 1. The second kappa shape index (κ2) is 5.57. The minimum atomic E-state index is -0.631. The highest BCUT2D eigenvalue weighted by atomic mass is 16.6. The lowest BCUT2D eigenvalue weighted by Gasteiger charge is -2.05. The molecular weight excluding hydrogens is 248 g/mol. The highest BCUT2D eigenvalue weighted by Gasteiger charge is 2.15. The van der Waals surface area contributed by atoms with Crippen LogP contribution in [0, 0.1) is 10.1 Å². The number of aliphatic imine (C=N–C) groups is 1. The minimum Gasteiger partial charge on any atom is -0.457 e. The van der Waals surface area contributed by atoms with Gasteiger partial charge in [0.1, 0.15) is 11.5 Å². The fourth-order valence-corrected chi connectivity index (χ4v) is 1.48. The van der Waals surface area contributed by atoms with Crippen LogP contribution in [0.5, 0.6) is 11.5 Å². The predicted octanol–water partition coefficient (Wildman–Crippen LogP) is 3.35. The average molecular weight is 256 g/mol. The molecule has 0 radical (unpaired) electrons. The molecule has 0 N–H and O–H groups in total. The first kappa shape index (κ1) is 12.5. The summed E-state index contributed by atoms with van der Waals surface area (Å²) in [6.45, 7) is 0. The Morgan fingerprint density at radius 2 is 1.84 bits per heavy atom. The molecule has 0 aliphatic carbocycles. The minimum absolute atomic E-state index is 0.0552. The summed E-state index contributed by atoms with van der Waals surface area (Å²) in [5, 5.41) is 10.9. The normalized spacial score (nSPS) is 9.47. The van der Waals surface area contributed by atoms with Gasteiger partial charge in [-0.05, 0) is 24.3 Å². The van der Waals surface area contributed by atoms with E-state index in [9.17, 15) is 14.9 Å². The van der Waals surface area contributed by atoms with Crippen molar-refractivity contribution in [2.24, 2.45) is 4.99 Å². The van der Waals surface area contributed by atoms with Gasteiger partial charge in [-0.1, -0.05) is 18.2 Å². The fraction of sp³-hybridized carbons (Fsp3) is 0. The van der Waals surface area contributed by atoms with Gasteiger partial charge < -0.3 is 4.74 Å². The molecule has 2 aromatic rings. The van der Waals surface area contributed by atoms with Crippen LogP contribution in [0.3, 0.4) is 0 Å². The number of nitrogens with zero attached hydrogens (tertiary/aromatic N) is 2. The van der Waals surface area contributed by atoms with Gasteiger partial charge in [0, 0.05) is 0 Å². The van der Waals surface area contributed by atoms with Crippen molar-refractivity contribution in [3.63, 3.8) is 0 Å². The van der Waals surface area contributed by atoms with Crippen LogP contribution in [-0.4, -0.2) is 11.0 Å². The Morgan fingerprint density at radius 3 is 2.47 bits per heavy atom. The van der Waals surface area contributed by atoms with Crippen LogP contribution in [-0.2, 0) is 4.79 Å². The lowest BCUT2D eigenvalue weighted by molar-refractivity contribution is -0.384. The lowest BCUT2D eigenvalue weighted by atomic mass is 10.2. The monoisotopic (exact) mass is 256 g/mol. The maximum Gasteiger partial charge on any atom is 0.299 e. The molecule has 6 heteroatoms. The average Bonchev–Trinajstić information content (AvgIpc) is 2.42. The topological polar surface area (TPSA) is 81.8 Å². The molecule has 2 rings (SSSR count). The third-order valence-electron chi connectivity index (χ3n) is 2.29. The second-order valence-electron chi connectivity index (χ2n) is 3.53. The Hall–Kier alpha value is -2.98. The SMILES string of the molecule is O=C=Nc1ccc(Oc2ccccc2)cc1[N+](=O)[O-]. The van der Waals surface area contributed by atoms with Gasteiger partial charge in [-0.2, -0.15) is 4.99 Å². The molecule has 0 bridgehead atoms. The van der Waals surface area contributed by atoms with E-state index >= 15 is 0 Å². The molecule has 0 unspecified atom stereocenters. The summed E-state index contributed by atoms with van der Waals surface area (Å²) in [6.07, 6.45) is 1.28. The van der Waals surface area contributed by atoms with E-state index in [4.69, 9.17) is 4.74 Å². The fourth-order valence-electron chi connectivity index (χ4n) is 1.48. The van der Waals surface area contributed by atoms with E-state index < -0.39 is 4.92 Å². The molecule has 0 saturated heterocycles. The van der Waals surface area contributed by atoms with Crippen LogP contribution in [0.4, 0.5) is 11.4 Å². The molecule has 0 atom stereocenters. The van der Waals surface area contributed by atoms with Crippen LogP contribution >= 0.6 is 0 Å². The Kier molecular flexibility index (Phi) is 3.66. The Morgan fingerprint density at radius 1 is 1.11 bits per heavy atom. The third-order valence-corrected chi connectivity index (χ3v) is 2.29. The molecule has 2 aromatic carbocycles. The maximum absolute atomic E-state index is 10.9. The molecule has 0 heterocycles. The predicted molar refractivity (Wildman–Crippen MR) is 67.4 cm³/mol. The van der Waals surface area contributed by atoms with Crippen LogP contribution < -0.4 is 4.74 Å². The number of carbonyl (C=O) groups excluding carboxylic acids is 1. The number of para-hydroxylation sites is 1. The van der Waals surface area contributed by atoms with Crippen molar-refractivity contribution in [1.82, 2.24) is 0 Å². The zero-order valence-corrected chi connectivity index (χ0v) is 9.65. The van der Waals surface area contributed by atoms with E-state index in [2.05, 4.69) is 4.99 Å². The van der Waals surface area contributed by atoms with E-state index in [1.165, 1.54) is 24.3 Å². The summed E-state index contributed by atoms with van der Waals surface area (Å²) in [6, 6.07) is 12.9. The van der Waals surface area contributed by atoms with Crippen molar-refractivity contribution in [2.75, 3.05) is 0 Å². The van der Waals surface area contributed by atoms with Crippen molar-refractivity contribution < 1.29 is 14.5 Å². The molecular formula is C13H8N2O4. The number of benzene rings is 2. The summed E-state index contributed by atoms with van der Waals surface area (Å²) in [7, 11) is 0. The highest BCUT2D eigenvalue weighted by Crippen LogP contribution is 2.32. The van der Waals surface area contributed by atoms with Gasteiger partial charge in [0.2, 0.25) is 6.08 Å². The number of hydrogen-bond donors (Lipinski definition) is 0. The van der Waals surface area contributed by atoms with Gasteiger partial charge >= 0.3 is 0 Å². The number of ether oxygens (including phenoxy) is 1. The maximum atomic E-state index is 10.9. The van der Waals surface area contributed by atoms with E-state index in [1.54, 1.807) is 24.3 Å². The zero-order valence-electron chi connectivity index (χ0n) is 9.65. The van der Waals surface area contributed by atoms with Crippen molar-refractivity contribution in [3.8, 4) is 11.5 Å². The van der Waals surface area contributed by atoms with Crippen LogP contribution in [0.2, 0.25) is 0 Å². The molecule has 0 saturated carbocycles. The van der Waals surface area contributed by atoms with E-state index in [1.807, 2.05) is 6.07 Å². The molecule has 6 nitrogen and oxygen atoms in total. The van der Waals surface area contributed by atoms with Gasteiger partial charge in [0.25, 0.3) is 5.69 Å². The Bertz CT molecular complexity index is 649. The van der Waals surface area contributed by atoms with Crippen LogP contribution in [0.25, 0.3) is 0 Å². The number of hydrogen-bond acceptors (Lipinski definition) is 5. The van der Waals surface area contributed by atoms with Crippen molar-refractivity contribution in [2.45, 2.75) is 0 Å². The second-order valence-corrected chi connectivity index (χ2v) is 3.53. The van der Waals surface area contributed by atoms with E-state index in [0.29, 0.717) is 11.5 Å². The van der Waals surface area contributed by atoms with E-state index in [-0.39, 0.29) is 11.4 Å². The smallest absolute Gasteiger partial charge is 0.299 e. The van der Waals surface area contributed by atoms with Gasteiger partial charge in [0.15, 0.2) is 5.69 Å². The highest BCUT2D eigenvalue weighted by molar-refractivity contribution is 5.64. The summed E-state index contributed by atoms with van der Waals surface area (Å²) in [4.78, 5) is 23.7. The molecule has 0 aromatic heterocycles. The lowest BCUT2D eigenvalue weighted by Crippen LogP contribution is -1.90. The van der Waals surface area contributed by atoms with Crippen molar-refractivity contribution in [1.29, 1.82) is 0 Å².